The Morgan fingerprint density at radius 2 is 1.90 bits per heavy atom. The Morgan fingerprint density at radius 1 is 1.13 bits per heavy atom. The van der Waals surface area contributed by atoms with Crippen LogP contribution in [0.1, 0.15) is 18.9 Å². The van der Waals surface area contributed by atoms with Crippen LogP contribution >= 0.6 is 0 Å². The van der Waals surface area contributed by atoms with E-state index in [4.69, 9.17) is 19.3 Å². The number of aromatic nitrogens is 2. The SMILES string of the molecule is CCN(C(=O)COC(=O)/C=C/c1cn(-c2ccccc2)nc1-c1ccc2c(c1)OCCO2)[C@H]1CCS(=O)(=O)C1. The van der Waals surface area contributed by atoms with Gasteiger partial charge in [0.05, 0.1) is 17.2 Å². The highest BCUT2D eigenvalue weighted by Crippen LogP contribution is 2.35. The molecule has 39 heavy (non-hydrogen) atoms. The summed E-state index contributed by atoms with van der Waals surface area (Å²) in [5, 5.41) is 4.75. The first-order chi connectivity index (χ1) is 18.8. The Hall–Kier alpha value is -4.12. The van der Waals surface area contributed by atoms with Crippen molar-refractivity contribution in [2.75, 3.05) is 37.9 Å². The van der Waals surface area contributed by atoms with E-state index in [2.05, 4.69) is 0 Å². The van der Waals surface area contributed by atoms with E-state index in [0.717, 1.165) is 11.3 Å². The van der Waals surface area contributed by atoms with Gasteiger partial charge >= 0.3 is 5.97 Å². The van der Waals surface area contributed by atoms with Gasteiger partial charge in [-0.2, -0.15) is 5.10 Å². The number of esters is 1. The molecule has 1 fully saturated rings. The van der Waals surface area contributed by atoms with Crippen molar-refractivity contribution in [3.8, 4) is 28.4 Å². The van der Waals surface area contributed by atoms with Gasteiger partial charge in [-0.1, -0.05) is 18.2 Å². The Kier molecular flexibility index (Phi) is 7.69. The Bertz CT molecular complexity index is 1500. The molecular weight excluding hydrogens is 522 g/mol. The number of carbonyl (C=O) groups excluding carboxylic acids is 2. The molecule has 0 N–H and O–H groups in total. The molecule has 1 aromatic heterocycles. The number of likely N-dealkylation sites (N-methyl/N-ethyl adjacent to an activating group) is 1. The van der Waals surface area contributed by atoms with Crippen LogP contribution in [0.2, 0.25) is 0 Å². The maximum absolute atomic E-state index is 12.7. The van der Waals surface area contributed by atoms with Gasteiger partial charge in [0.25, 0.3) is 5.91 Å². The van der Waals surface area contributed by atoms with Crippen molar-refractivity contribution in [3.05, 3.63) is 66.4 Å². The Balaban J connectivity index is 1.32. The first-order valence-corrected chi connectivity index (χ1v) is 14.5. The van der Waals surface area contributed by atoms with Crippen LogP contribution < -0.4 is 9.47 Å². The molecule has 3 heterocycles. The monoisotopic (exact) mass is 551 g/mol. The van der Waals surface area contributed by atoms with E-state index in [1.165, 1.54) is 11.0 Å². The number of nitrogens with zero attached hydrogens (tertiary/aromatic N) is 3. The van der Waals surface area contributed by atoms with Crippen molar-refractivity contribution >= 4 is 27.8 Å². The number of hydrogen-bond donors (Lipinski definition) is 0. The van der Waals surface area contributed by atoms with Crippen molar-refractivity contribution in [1.29, 1.82) is 0 Å². The highest BCUT2D eigenvalue weighted by Gasteiger charge is 2.34. The first-order valence-electron chi connectivity index (χ1n) is 12.7. The van der Waals surface area contributed by atoms with Crippen molar-refractivity contribution in [3.63, 3.8) is 0 Å². The summed E-state index contributed by atoms with van der Waals surface area (Å²) < 4.78 is 41.9. The molecule has 1 amide bonds. The Labute approximate surface area is 226 Å². The molecule has 2 aromatic carbocycles. The predicted octanol–water partition coefficient (Wildman–Crippen LogP) is 2.90. The van der Waals surface area contributed by atoms with Crippen molar-refractivity contribution in [2.45, 2.75) is 19.4 Å². The lowest BCUT2D eigenvalue weighted by Crippen LogP contribution is -2.43. The third kappa shape index (κ3) is 6.14. The number of carbonyl (C=O) groups is 2. The quantitative estimate of drug-likeness (QED) is 0.310. The average molecular weight is 552 g/mol. The van der Waals surface area contributed by atoms with Gasteiger partial charge in [-0.15, -0.1) is 0 Å². The third-order valence-electron chi connectivity index (χ3n) is 6.63. The first kappa shape index (κ1) is 26.5. The second kappa shape index (κ2) is 11.3. The number of benzene rings is 2. The molecular formula is C28H29N3O7S. The van der Waals surface area contributed by atoms with E-state index in [1.807, 2.05) is 48.5 Å². The smallest absolute Gasteiger partial charge is 0.331 e. The highest BCUT2D eigenvalue weighted by atomic mass is 32.2. The van der Waals surface area contributed by atoms with Gasteiger partial charge in [0.15, 0.2) is 27.9 Å². The zero-order chi connectivity index (χ0) is 27.4. The van der Waals surface area contributed by atoms with Crippen LogP contribution in [0.4, 0.5) is 0 Å². The minimum atomic E-state index is -3.14. The molecule has 0 radical (unpaired) electrons. The molecule has 0 saturated carbocycles. The topological polar surface area (TPSA) is 117 Å². The molecule has 1 saturated heterocycles. The van der Waals surface area contributed by atoms with Crippen molar-refractivity contribution in [1.82, 2.24) is 14.7 Å². The summed E-state index contributed by atoms with van der Waals surface area (Å²) in [6.07, 6.45) is 5.03. The van der Waals surface area contributed by atoms with Gasteiger partial charge in [-0.05, 0) is 49.8 Å². The van der Waals surface area contributed by atoms with Crippen LogP contribution in [-0.4, -0.2) is 78.9 Å². The minimum Gasteiger partial charge on any atom is -0.486 e. The van der Waals surface area contributed by atoms with E-state index >= 15 is 0 Å². The summed E-state index contributed by atoms with van der Waals surface area (Å²) in [6.45, 7) is 2.59. The molecule has 0 spiro atoms. The lowest BCUT2D eigenvalue weighted by Gasteiger charge is -2.26. The summed E-state index contributed by atoms with van der Waals surface area (Å²) in [4.78, 5) is 26.7. The molecule has 2 aliphatic rings. The summed E-state index contributed by atoms with van der Waals surface area (Å²) in [5.74, 6) is 0.167. The number of fused-ring (bicyclic) bond motifs is 1. The molecule has 11 heteroatoms. The number of rotatable bonds is 8. The van der Waals surface area contributed by atoms with Crippen LogP contribution in [0.3, 0.4) is 0 Å². The van der Waals surface area contributed by atoms with Crippen LogP contribution in [0.25, 0.3) is 23.0 Å². The number of para-hydroxylation sites is 1. The second-order valence-corrected chi connectivity index (χ2v) is 11.5. The van der Waals surface area contributed by atoms with E-state index in [0.29, 0.717) is 48.9 Å². The van der Waals surface area contributed by atoms with Gasteiger partial charge in [0.1, 0.15) is 18.9 Å². The van der Waals surface area contributed by atoms with Gasteiger partial charge in [-0.3, -0.25) is 4.79 Å². The zero-order valence-corrected chi connectivity index (χ0v) is 22.3. The van der Waals surface area contributed by atoms with Crippen molar-refractivity contribution < 1.29 is 32.2 Å². The fraction of sp³-hybridized carbons (Fsp3) is 0.321. The molecule has 0 bridgehead atoms. The molecule has 3 aromatic rings. The zero-order valence-electron chi connectivity index (χ0n) is 21.5. The lowest BCUT2D eigenvalue weighted by molar-refractivity contribution is -0.149. The van der Waals surface area contributed by atoms with Gasteiger partial charge in [0.2, 0.25) is 0 Å². The van der Waals surface area contributed by atoms with E-state index in [1.54, 1.807) is 23.9 Å². The summed E-state index contributed by atoms with van der Waals surface area (Å²) in [5.41, 5.74) is 2.90. The van der Waals surface area contributed by atoms with E-state index in [9.17, 15) is 18.0 Å². The number of amides is 1. The largest absolute Gasteiger partial charge is 0.486 e. The molecule has 2 aliphatic heterocycles. The molecule has 0 unspecified atom stereocenters. The summed E-state index contributed by atoms with van der Waals surface area (Å²) >= 11 is 0. The van der Waals surface area contributed by atoms with E-state index in [-0.39, 0.29) is 17.5 Å². The fourth-order valence-corrected chi connectivity index (χ4v) is 6.45. The second-order valence-electron chi connectivity index (χ2n) is 9.25. The third-order valence-corrected chi connectivity index (χ3v) is 8.38. The Morgan fingerprint density at radius 3 is 2.62 bits per heavy atom. The van der Waals surface area contributed by atoms with Crippen LogP contribution in [0, 0.1) is 0 Å². The van der Waals surface area contributed by atoms with Gasteiger partial charge < -0.3 is 19.1 Å². The standard InChI is InChI=1S/C28H29N3O7S/c1-2-30(23-12-15-39(34,35)19-23)26(32)18-38-27(33)11-9-21-17-31(22-6-4-3-5-7-22)29-28(21)20-8-10-24-25(16-20)37-14-13-36-24/h3-11,16-17,23H,2,12-15,18-19H2,1H3/b11-9+/t23-/m0/s1. The van der Waals surface area contributed by atoms with Gasteiger partial charge in [0, 0.05) is 36.0 Å². The fourth-order valence-electron chi connectivity index (χ4n) is 4.72. The normalized spacial score (nSPS) is 17.7. The summed E-state index contributed by atoms with van der Waals surface area (Å²) in [6, 6.07) is 14.7. The van der Waals surface area contributed by atoms with Crippen LogP contribution in [0.15, 0.2) is 60.8 Å². The van der Waals surface area contributed by atoms with Crippen LogP contribution in [-0.2, 0) is 24.2 Å². The maximum atomic E-state index is 12.7. The highest BCUT2D eigenvalue weighted by molar-refractivity contribution is 7.91. The molecule has 204 valence electrons. The summed E-state index contributed by atoms with van der Waals surface area (Å²) in [7, 11) is -3.14. The van der Waals surface area contributed by atoms with Crippen LogP contribution in [0.5, 0.6) is 11.5 Å². The molecule has 1 atom stereocenters. The predicted molar refractivity (Wildman–Crippen MR) is 144 cm³/mol. The van der Waals surface area contributed by atoms with Crippen molar-refractivity contribution in [2.24, 2.45) is 0 Å². The minimum absolute atomic E-state index is 0.0610. The maximum Gasteiger partial charge on any atom is 0.331 e. The number of ether oxygens (including phenoxy) is 3. The van der Waals surface area contributed by atoms with Gasteiger partial charge in [-0.25, -0.2) is 17.9 Å². The molecule has 0 aliphatic carbocycles. The van der Waals surface area contributed by atoms with E-state index < -0.39 is 28.3 Å². The lowest BCUT2D eigenvalue weighted by atomic mass is 10.1. The average Bonchev–Trinajstić information content (AvgIpc) is 3.54. The molecule has 5 rings (SSSR count). The number of sulfone groups is 1. The molecule has 10 nitrogen and oxygen atoms in total. The number of hydrogen-bond acceptors (Lipinski definition) is 8.